The lowest BCUT2D eigenvalue weighted by molar-refractivity contribution is 0.252. The van der Waals surface area contributed by atoms with E-state index in [-0.39, 0.29) is 0 Å². The van der Waals surface area contributed by atoms with Gasteiger partial charge in [0.05, 0.1) is 0 Å². The Hall–Kier alpha value is -0.0400. The van der Waals surface area contributed by atoms with Crippen molar-refractivity contribution in [1.29, 1.82) is 0 Å². The van der Waals surface area contributed by atoms with E-state index < -0.39 is 0 Å². The van der Waals surface area contributed by atoms with E-state index in [1.165, 1.54) is 64.3 Å². The van der Waals surface area contributed by atoms with E-state index in [1.54, 1.807) is 0 Å². The maximum atomic E-state index is 3.81. The van der Waals surface area contributed by atoms with Crippen molar-refractivity contribution < 1.29 is 0 Å². The van der Waals surface area contributed by atoms with Crippen LogP contribution in [-0.4, -0.2) is 12.6 Å². The average molecular weight is 237 g/mol. The van der Waals surface area contributed by atoms with Gasteiger partial charge in [0.15, 0.2) is 0 Å². The van der Waals surface area contributed by atoms with Gasteiger partial charge in [-0.3, -0.25) is 0 Å². The first-order valence-corrected chi connectivity index (χ1v) is 7.97. The highest BCUT2D eigenvalue weighted by Crippen LogP contribution is 2.33. The third kappa shape index (κ3) is 5.42. The monoisotopic (exact) mass is 237 g/mol. The molecule has 0 bridgehead atoms. The normalized spacial score (nSPS) is 29.8. The predicted octanol–water partition coefficient (Wildman–Crippen LogP) is 4.37. The molecule has 0 aliphatic heterocycles. The van der Waals surface area contributed by atoms with Crippen molar-refractivity contribution in [3.8, 4) is 0 Å². The summed E-state index contributed by atoms with van der Waals surface area (Å²) in [5, 5.41) is 3.81. The van der Waals surface area contributed by atoms with Crippen molar-refractivity contribution in [2.24, 2.45) is 17.8 Å². The Morgan fingerprint density at radius 3 is 2.59 bits per heavy atom. The Labute approximate surface area is 108 Å². The first-order valence-electron chi connectivity index (χ1n) is 7.97. The van der Waals surface area contributed by atoms with Crippen LogP contribution in [0.3, 0.4) is 0 Å². The summed E-state index contributed by atoms with van der Waals surface area (Å²) < 4.78 is 0. The topological polar surface area (TPSA) is 12.0 Å². The van der Waals surface area contributed by atoms with Crippen LogP contribution >= 0.6 is 0 Å². The van der Waals surface area contributed by atoms with E-state index in [0.29, 0.717) is 0 Å². The standard InChI is InChI=1S/C16H31N/c1-13(2)11-15-5-3-7-16(12-15)17-10-4-6-14-8-9-14/h13-17H,3-12H2,1-2H3. The van der Waals surface area contributed by atoms with Gasteiger partial charge in [-0.2, -0.15) is 0 Å². The van der Waals surface area contributed by atoms with Crippen LogP contribution in [-0.2, 0) is 0 Å². The van der Waals surface area contributed by atoms with Crippen molar-refractivity contribution in [2.75, 3.05) is 6.54 Å². The van der Waals surface area contributed by atoms with Gasteiger partial charge < -0.3 is 5.32 Å². The second-order valence-corrected chi connectivity index (χ2v) is 6.90. The van der Waals surface area contributed by atoms with Crippen LogP contribution in [0, 0.1) is 17.8 Å². The molecule has 0 radical (unpaired) electrons. The zero-order valence-electron chi connectivity index (χ0n) is 11.9. The molecule has 0 aromatic rings. The second kappa shape index (κ2) is 6.78. The minimum Gasteiger partial charge on any atom is -0.314 e. The van der Waals surface area contributed by atoms with Gasteiger partial charge in [-0.25, -0.2) is 0 Å². The third-order valence-corrected chi connectivity index (χ3v) is 4.51. The van der Waals surface area contributed by atoms with Crippen molar-refractivity contribution in [3.63, 3.8) is 0 Å². The van der Waals surface area contributed by atoms with Crippen LogP contribution in [0.15, 0.2) is 0 Å². The van der Waals surface area contributed by atoms with E-state index >= 15 is 0 Å². The summed E-state index contributed by atoms with van der Waals surface area (Å²) in [6, 6.07) is 0.840. The van der Waals surface area contributed by atoms with Gasteiger partial charge in [-0.15, -0.1) is 0 Å². The van der Waals surface area contributed by atoms with Crippen LogP contribution in [0.25, 0.3) is 0 Å². The van der Waals surface area contributed by atoms with Crippen LogP contribution in [0.5, 0.6) is 0 Å². The maximum absolute atomic E-state index is 3.81. The fourth-order valence-electron chi connectivity index (χ4n) is 3.46. The van der Waals surface area contributed by atoms with Gasteiger partial charge in [0, 0.05) is 6.04 Å². The highest BCUT2D eigenvalue weighted by Gasteiger charge is 2.23. The molecule has 1 nitrogen and oxygen atoms in total. The van der Waals surface area contributed by atoms with Crippen LogP contribution in [0.4, 0.5) is 0 Å². The Balaban J connectivity index is 1.55. The number of hydrogen-bond acceptors (Lipinski definition) is 1. The summed E-state index contributed by atoms with van der Waals surface area (Å²) in [7, 11) is 0. The lowest BCUT2D eigenvalue weighted by Gasteiger charge is -2.31. The van der Waals surface area contributed by atoms with Crippen LogP contribution < -0.4 is 5.32 Å². The molecule has 2 fully saturated rings. The lowest BCUT2D eigenvalue weighted by Crippen LogP contribution is -2.35. The Kier molecular flexibility index (Phi) is 5.34. The highest BCUT2D eigenvalue weighted by molar-refractivity contribution is 4.79. The molecule has 0 amide bonds. The minimum atomic E-state index is 0.840. The molecule has 0 aromatic heterocycles. The fraction of sp³-hybridized carbons (Fsp3) is 1.00. The maximum Gasteiger partial charge on any atom is 0.00697 e. The average Bonchev–Trinajstić information content (AvgIpc) is 3.08. The van der Waals surface area contributed by atoms with Gasteiger partial charge in [0.1, 0.15) is 0 Å². The summed E-state index contributed by atoms with van der Waals surface area (Å²) in [5.74, 6) is 3.00. The molecular weight excluding hydrogens is 206 g/mol. The van der Waals surface area contributed by atoms with Crippen LogP contribution in [0.1, 0.15) is 71.6 Å². The smallest absolute Gasteiger partial charge is 0.00697 e. The number of rotatable bonds is 7. The van der Waals surface area contributed by atoms with Gasteiger partial charge in [0.25, 0.3) is 0 Å². The summed E-state index contributed by atoms with van der Waals surface area (Å²) in [5.41, 5.74) is 0. The van der Waals surface area contributed by atoms with Crippen molar-refractivity contribution in [3.05, 3.63) is 0 Å². The van der Waals surface area contributed by atoms with E-state index in [4.69, 9.17) is 0 Å². The van der Waals surface area contributed by atoms with Gasteiger partial charge in [0.2, 0.25) is 0 Å². The molecule has 2 aliphatic carbocycles. The number of nitrogens with one attached hydrogen (secondary N) is 1. The quantitative estimate of drug-likeness (QED) is 0.648. The van der Waals surface area contributed by atoms with Crippen molar-refractivity contribution in [2.45, 2.75) is 77.7 Å². The van der Waals surface area contributed by atoms with E-state index in [2.05, 4.69) is 19.2 Å². The van der Waals surface area contributed by atoms with E-state index in [0.717, 1.165) is 23.8 Å². The fourth-order valence-corrected chi connectivity index (χ4v) is 3.46. The molecule has 0 saturated heterocycles. The molecule has 100 valence electrons. The van der Waals surface area contributed by atoms with E-state index in [9.17, 15) is 0 Å². The molecular formula is C16H31N. The second-order valence-electron chi connectivity index (χ2n) is 6.90. The van der Waals surface area contributed by atoms with Gasteiger partial charge in [-0.1, -0.05) is 39.5 Å². The summed E-state index contributed by atoms with van der Waals surface area (Å²) in [6.07, 6.45) is 13.2. The summed E-state index contributed by atoms with van der Waals surface area (Å²) in [4.78, 5) is 0. The minimum absolute atomic E-state index is 0.840. The largest absolute Gasteiger partial charge is 0.314 e. The highest BCUT2D eigenvalue weighted by atomic mass is 14.9. The molecule has 17 heavy (non-hydrogen) atoms. The molecule has 2 aliphatic rings. The van der Waals surface area contributed by atoms with Gasteiger partial charge >= 0.3 is 0 Å². The molecule has 0 heterocycles. The first-order chi connectivity index (χ1) is 8.24. The Bertz CT molecular complexity index is 208. The molecule has 2 unspecified atom stereocenters. The van der Waals surface area contributed by atoms with E-state index in [1.807, 2.05) is 0 Å². The van der Waals surface area contributed by atoms with Gasteiger partial charge in [-0.05, 0) is 56.4 Å². The predicted molar refractivity (Wildman–Crippen MR) is 75.2 cm³/mol. The summed E-state index contributed by atoms with van der Waals surface area (Å²) in [6.45, 7) is 6.01. The zero-order chi connectivity index (χ0) is 12.1. The zero-order valence-corrected chi connectivity index (χ0v) is 11.9. The molecule has 1 heteroatoms. The molecule has 2 rings (SSSR count). The Morgan fingerprint density at radius 1 is 1.06 bits per heavy atom. The van der Waals surface area contributed by atoms with Crippen molar-refractivity contribution in [1.82, 2.24) is 5.32 Å². The first kappa shape index (κ1) is 13.4. The lowest BCUT2D eigenvalue weighted by atomic mass is 9.81. The molecule has 0 aromatic carbocycles. The molecule has 2 saturated carbocycles. The molecule has 1 N–H and O–H groups in total. The summed E-state index contributed by atoms with van der Waals surface area (Å²) >= 11 is 0. The number of hydrogen-bond donors (Lipinski definition) is 1. The molecule has 0 spiro atoms. The SMILES string of the molecule is CC(C)CC1CCCC(NCCCC2CC2)C1. The molecule has 2 atom stereocenters. The Morgan fingerprint density at radius 2 is 1.88 bits per heavy atom. The van der Waals surface area contributed by atoms with Crippen LogP contribution in [0.2, 0.25) is 0 Å². The van der Waals surface area contributed by atoms with Crippen molar-refractivity contribution >= 4 is 0 Å². The third-order valence-electron chi connectivity index (χ3n) is 4.51.